The molecule has 1 atom stereocenters. The summed E-state index contributed by atoms with van der Waals surface area (Å²) < 4.78 is 5.39. The number of amides is 3. The molecule has 0 radical (unpaired) electrons. The second-order valence-electron chi connectivity index (χ2n) is 7.05. The van der Waals surface area contributed by atoms with Gasteiger partial charge in [0.05, 0.1) is 0 Å². The number of hydrogen-bond donors (Lipinski definition) is 3. The van der Waals surface area contributed by atoms with Crippen LogP contribution in [0.5, 0.6) is 5.75 Å². The Hall–Kier alpha value is -3.61. The fourth-order valence-electron chi connectivity index (χ4n) is 3.48. The number of urea groups is 1. The first-order chi connectivity index (χ1) is 14.1. The van der Waals surface area contributed by atoms with Gasteiger partial charge in [0.1, 0.15) is 11.8 Å². The molecule has 3 N–H and O–H groups in total. The number of nitrogens with one attached hydrogen (secondary N) is 3. The third-order valence-electron chi connectivity index (χ3n) is 4.96. The molecule has 2 heterocycles. The van der Waals surface area contributed by atoms with E-state index in [0.717, 1.165) is 17.5 Å². The van der Waals surface area contributed by atoms with Gasteiger partial charge in [-0.3, -0.25) is 14.9 Å². The van der Waals surface area contributed by atoms with E-state index in [0.29, 0.717) is 25.0 Å². The number of benzene rings is 2. The molecule has 1 aliphatic rings. The molecular formula is C22H21N3O4. The second-order valence-corrected chi connectivity index (χ2v) is 7.05. The van der Waals surface area contributed by atoms with Gasteiger partial charge >= 0.3 is 12.0 Å². The number of aromatic nitrogens is 1. The van der Waals surface area contributed by atoms with Crippen molar-refractivity contribution < 1.29 is 19.1 Å². The molecule has 0 spiro atoms. The van der Waals surface area contributed by atoms with Crippen LogP contribution in [0.4, 0.5) is 4.79 Å². The lowest BCUT2D eigenvalue weighted by Gasteiger charge is -2.08. The molecular weight excluding hydrogens is 370 g/mol. The van der Waals surface area contributed by atoms with Crippen LogP contribution in [0.3, 0.4) is 0 Å². The molecule has 3 aromatic rings. The van der Waals surface area contributed by atoms with Crippen molar-refractivity contribution in [1.82, 2.24) is 15.6 Å². The summed E-state index contributed by atoms with van der Waals surface area (Å²) in [5.74, 6) is -0.147. The van der Waals surface area contributed by atoms with Gasteiger partial charge in [-0.1, -0.05) is 30.3 Å². The van der Waals surface area contributed by atoms with Crippen LogP contribution in [-0.2, 0) is 22.4 Å². The van der Waals surface area contributed by atoms with E-state index >= 15 is 0 Å². The number of H-pyrrole nitrogens is 1. The first kappa shape index (κ1) is 18.7. The summed E-state index contributed by atoms with van der Waals surface area (Å²) in [4.78, 5) is 38.1. The Morgan fingerprint density at radius 2 is 1.83 bits per heavy atom. The van der Waals surface area contributed by atoms with E-state index in [1.807, 2.05) is 24.4 Å². The average molecular weight is 391 g/mol. The van der Waals surface area contributed by atoms with E-state index in [2.05, 4.69) is 21.7 Å². The third kappa shape index (κ3) is 4.45. The molecule has 7 heteroatoms. The Bertz CT molecular complexity index is 1060. The Kier molecular flexibility index (Phi) is 5.29. The number of hydrogen-bond acceptors (Lipinski definition) is 4. The van der Waals surface area contributed by atoms with Crippen molar-refractivity contribution in [2.45, 2.75) is 31.7 Å². The summed E-state index contributed by atoms with van der Waals surface area (Å²) in [6.07, 6.45) is 4.20. The molecule has 148 valence electrons. The zero-order chi connectivity index (χ0) is 20.2. The third-order valence-corrected chi connectivity index (χ3v) is 4.96. The SMILES string of the molecule is O=C1NC(=O)C(Cc2ccc(OC(=O)CCCc3c[nH]c4ccccc34)cc2)N1. The van der Waals surface area contributed by atoms with Gasteiger partial charge < -0.3 is 15.0 Å². The fraction of sp³-hybridized carbons (Fsp3) is 0.227. The maximum absolute atomic E-state index is 12.1. The summed E-state index contributed by atoms with van der Waals surface area (Å²) in [7, 11) is 0. The van der Waals surface area contributed by atoms with Gasteiger partial charge in [-0.2, -0.15) is 0 Å². The Balaban J connectivity index is 1.25. The molecule has 2 aromatic carbocycles. The number of fused-ring (bicyclic) bond motifs is 1. The summed E-state index contributed by atoms with van der Waals surface area (Å²) in [6, 6.07) is 14.0. The molecule has 7 nitrogen and oxygen atoms in total. The van der Waals surface area contributed by atoms with Crippen LogP contribution >= 0.6 is 0 Å². The number of carbonyl (C=O) groups is 3. The minimum absolute atomic E-state index is 0.278. The van der Waals surface area contributed by atoms with Crippen molar-refractivity contribution in [2.75, 3.05) is 0 Å². The van der Waals surface area contributed by atoms with Gasteiger partial charge in [-0.05, 0) is 42.2 Å². The van der Waals surface area contributed by atoms with Crippen LogP contribution in [0.25, 0.3) is 10.9 Å². The number of esters is 1. The summed E-state index contributed by atoms with van der Waals surface area (Å²) in [5, 5.41) is 5.95. The van der Waals surface area contributed by atoms with E-state index in [1.165, 1.54) is 10.9 Å². The fourth-order valence-corrected chi connectivity index (χ4v) is 3.48. The van der Waals surface area contributed by atoms with Crippen LogP contribution in [0, 0.1) is 0 Å². The van der Waals surface area contributed by atoms with Crippen LogP contribution in [0.15, 0.2) is 54.7 Å². The second kappa shape index (κ2) is 8.18. The number of carbonyl (C=O) groups excluding carboxylic acids is 3. The Morgan fingerprint density at radius 3 is 2.59 bits per heavy atom. The smallest absolute Gasteiger partial charge is 0.322 e. The molecule has 1 saturated heterocycles. The van der Waals surface area contributed by atoms with E-state index < -0.39 is 12.1 Å². The zero-order valence-corrected chi connectivity index (χ0v) is 15.7. The zero-order valence-electron chi connectivity index (χ0n) is 15.7. The molecule has 1 aliphatic heterocycles. The van der Waals surface area contributed by atoms with Crippen LogP contribution < -0.4 is 15.4 Å². The monoisotopic (exact) mass is 391 g/mol. The lowest BCUT2D eigenvalue weighted by atomic mass is 10.1. The van der Waals surface area contributed by atoms with Gasteiger partial charge in [0, 0.05) is 29.9 Å². The van der Waals surface area contributed by atoms with Gasteiger partial charge in [0.25, 0.3) is 5.91 Å². The standard InChI is InChI=1S/C22H21N3O4/c26-20(7-3-4-15-13-23-18-6-2-1-5-17(15)18)29-16-10-8-14(9-11-16)12-19-21(27)25-22(28)24-19/h1-2,5-6,8-11,13,19,23H,3-4,7,12H2,(H2,24,25,27,28). The van der Waals surface area contributed by atoms with Gasteiger partial charge in [-0.15, -0.1) is 0 Å². The molecule has 0 saturated carbocycles. The molecule has 1 fully saturated rings. The van der Waals surface area contributed by atoms with Gasteiger partial charge in [0.15, 0.2) is 0 Å². The van der Waals surface area contributed by atoms with Crippen molar-refractivity contribution in [1.29, 1.82) is 0 Å². The highest BCUT2D eigenvalue weighted by Crippen LogP contribution is 2.20. The predicted molar refractivity (Wildman–Crippen MR) is 107 cm³/mol. The van der Waals surface area contributed by atoms with E-state index in [4.69, 9.17) is 4.74 Å². The lowest BCUT2D eigenvalue weighted by Crippen LogP contribution is -2.31. The van der Waals surface area contributed by atoms with Crippen molar-refractivity contribution in [3.05, 3.63) is 65.9 Å². The van der Waals surface area contributed by atoms with Gasteiger partial charge in [-0.25, -0.2) is 4.79 Å². The van der Waals surface area contributed by atoms with Crippen LogP contribution in [0.1, 0.15) is 24.0 Å². The average Bonchev–Trinajstić information content (AvgIpc) is 3.26. The van der Waals surface area contributed by atoms with Crippen LogP contribution in [0.2, 0.25) is 0 Å². The number of imide groups is 1. The van der Waals surface area contributed by atoms with E-state index in [1.54, 1.807) is 24.3 Å². The molecule has 29 heavy (non-hydrogen) atoms. The van der Waals surface area contributed by atoms with E-state index in [-0.39, 0.29) is 11.9 Å². The maximum Gasteiger partial charge on any atom is 0.322 e. The van der Waals surface area contributed by atoms with Crippen LogP contribution in [-0.4, -0.2) is 28.9 Å². The number of para-hydroxylation sites is 1. The highest BCUT2D eigenvalue weighted by atomic mass is 16.5. The Labute approximate surface area is 167 Å². The number of aromatic amines is 1. The normalized spacial score (nSPS) is 15.9. The largest absolute Gasteiger partial charge is 0.427 e. The highest BCUT2D eigenvalue weighted by molar-refractivity contribution is 6.04. The highest BCUT2D eigenvalue weighted by Gasteiger charge is 2.29. The number of rotatable bonds is 7. The number of ether oxygens (including phenoxy) is 1. The molecule has 1 aromatic heterocycles. The molecule has 0 aliphatic carbocycles. The van der Waals surface area contributed by atoms with Crippen molar-refractivity contribution in [3.63, 3.8) is 0 Å². The summed E-state index contributed by atoms with van der Waals surface area (Å²) in [5.41, 5.74) is 3.16. The summed E-state index contributed by atoms with van der Waals surface area (Å²) >= 11 is 0. The quantitative estimate of drug-likeness (QED) is 0.328. The van der Waals surface area contributed by atoms with Gasteiger partial charge in [0.2, 0.25) is 0 Å². The molecule has 4 rings (SSSR count). The molecule has 1 unspecified atom stereocenters. The van der Waals surface area contributed by atoms with Crippen molar-refractivity contribution >= 4 is 28.8 Å². The molecule has 3 amide bonds. The van der Waals surface area contributed by atoms with Crippen molar-refractivity contribution in [2.24, 2.45) is 0 Å². The minimum Gasteiger partial charge on any atom is -0.427 e. The number of aryl methyl sites for hydroxylation is 1. The first-order valence-electron chi connectivity index (χ1n) is 9.54. The lowest BCUT2D eigenvalue weighted by molar-refractivity contribution is -0.134. The summed E-state index contributed by atoms with van der Waals surface area (Å²) in [6.45, 7) is 0. The van der Waals surface area contributed by atoms with E-state index in [9.17, 15) is 14.4 Å². The predicted octanol–water partition coefficient (Wildman–Crippen LogP) is 2.85. The Morgan fingerprint density at radius 1 is 1.03 bits per heavy atom. The molecule has 0 bridgehead atoms. The first-order valence-corrected chi connectivity index (χ1v) is 9.54. The van der Waals surface area contributed by atoms with Crippen molar-refractivity contribution in [3.8, 4) is 5.75 Å². The maximum atomic E-state index is 12.1. The minimum atomic E-state index is -0.569. The topological polar surface area (TPSA) is 100 Å².